The highest BCUT2D eigenvalue weighted by Crippen LogP contribution is 2.12. The van der Waals surface area contributed by atoms with Gasteiger partial charge in [0.25, 0.3) is 0 Å². The quantitative estimate of drug-likeness (QED) is 0.851. The number of hydrogen-bond donors (Lipinski definition) is 1. The Bertz CT molecular complexity index is 391. The van der Waals surface area contributed by atoms with Gasteiger partial charge in [-0.2, -0.15) is 0 Å². The zero-order valence-corrected chi connectivity index (χ0v) is 10.1. The van der Waals surface area contributed by atoms with Gasteiger partial charge in [-0.05, 0) is 13.3 Å². The van der Waals surface area contributed by atoms with Gasteiger partial charge in [0.2, 0.25) is 0 Å². The fraction of sp³-hybridized carbons (Fsp3) is 0.636. The Morgan fingerprint density at radius 2 is 2.53 bits per heavy atom. The highest BCUT2D eigenvalue weighted by atomic mass is 16.5. The third kappa shape index (κ3) is 2.97. The Morgan fingerprint density at radius 1 is 1.71 bits per heavy atom. The van der Waals surface area contributed by atoms with Gasteiger partial charge < -0.3 is 14.2 Å². The molecular formula is C11H17N3O3. The molecule has 6 nitrogen and oxygen atoms in total. The smallest absolute Gasteiger partial charge is 0.323 e. The summed E-state index contributed by atoms with van der Waals surface area (Å²) in [6.07, 6.45) is 1.04. The van der Waals surface area contributed by atoms with Crippen molar-refractivity contribution in [2.45, 2.75) is 26.4 Å². The average Bonchev–Trinajstić information content (AvgIpc) is 2.75. The monoisotopic (exact) mass is 239 g/mol. The molecule has 1 aliphatic heterocycles. The van der Waals surface area contributed by atoms with Crippen molar-refractivity contribution < 1.29 is 14.1 Å². The Labute approximate surface area is 99.9 Å². The molecule has 0 saturated carbocycles. The molecule has 1 saturated heterocycles. The number of carbonyl (C=O) groups is 1. The molecule has 2 rings (SSSR count). The zero-order chi connectivity index (χ0) is 12.3. The fourth-order valence-electron chi connectivity index (χ4n) is 1.76. The second kappa shape index (κ2) is 5.18. The van der Waals surface area contributed by atoms with E-state index < -0.39 is 0 Å². The van der Waals surface area contributed by atoms with Crippen LogP contribution in [0, 0.1) is 6.92 Å². The third-order valence-corrected chi connectivity index (χ3v) is 2.74. The minimum atomic E-state index is -0.153. The number of aromatic nitrogens is 1. The van der Waals surface area contributed by atoms with Crippen LogP contribution in [-0.4, -0.2) is 41.9 Å². The van der Waals surface area contributed by atoms with E-state index in [1.807, 2.05) is 6.92 Å². The van der Waals surface area contributed by atoms with Crippen molar-refractivity contribution in [1.82, 2.24) is 10.1 Å². The number of aryl methyl sites for hydroxylation is 1. The lowest BCUT2D eigenvalue weighted by Gasteiger charge is -2.32. The average molecular weight is 239 g/mol. The molecule has 0 aliphatic carbocycles. The van der Waals surface area contributed by atoms with E-state index in [0.29, 0.717) is 31.3 Å². The molecule has 1 N–H and O–H groups in total. The molecule has 2 heterocycles. The molecule has 1 aromatic rings. The predicted octanol–water partition coefficient (Wildman–Crippen LogP) is 1.63. The summed E-state index contributed by atoms with van der Waals surface area (Å²) in [4.78, 5) is 13.7. The van der Waals surface area contributed by atoms with Gasteiger partial charge in [0.15, 0.2) is 5.82 Å². The van der Waals surface area contributed by atoms with Crippen LogP contribution in [0.3, 0.4) is 0 Å². The minimum Gasteiger partial charge on any atom is -0.375 e. The van der Waals surface area contributed by atoms with Gasteiger partial charge in [0.05, 0.1) is 12.7 Å². The second-order valence-electron chi connectivity index (χ2n) is 4.10. The second-order valence-corrected chi connectivity index (χ2v) is 4.10. The van der Waals surface area contributed by atoms with Gasteiger partial charge in [-0.15, -0.1) is 0 Å². The lowest BCUT2D eigenvalue weighted by molar-refractivity contribution is -0.0134. The van der Waals surface area contributed by atoms with Crippen LogP contribution in [0.5, 0.6) is 0 Å². The molecule has 0 spiro atoms. The molecule has 2 amide bonds. The van der Waals surface area contributed by atoms with Crippen LogP contribution in [0.4, 0.5) is 10.6 Å². The number of morpholine rings is 1. The van der Waals surface area contributed by atoms with E-state index in [1.54, 1.807) is 17.9 Å². The van der Waals surface area contributed by atoms with E-state index in [1.165, 1.54) is 0 Å². The number of rotatable bonds is 2. The standard InChI is InChI=1S/C11H17N3O3/c1-3-9-7-14(4-5-16-9)11(15)12-10-6-8(2)17-13-10/h6,9H,3-5,7H2,1-2H3,(H,12,13,15). The van der Waals surface area contributed by atoms with Crippen LogP contribution in [0.15, 0.2) is 10.6 Å². The molecule has 0 radical (unpaired) electrons. The Kier molecular flexibility index (Phi) is 3.63. The molecule has 1 atom stereocenters. The van der Waals surface area contributed by atoms with Gasteiger partial charge in [0.1, 0.15) is 5.76 Å². The molecule has 0 aromatic carbocycles. The zero-order valence-electron chi connectivity index (χ0n) is 10.1. The van der Waals surface area contributed by atoms with Gasteiger partial charge in [-0.3, -0.25) is 5.32 Å². The maximum absolute atomic E-state index is 11.9. The number of anilines is 1. The van der Waals surface area contributed by atoms with E-state index in [9.17, 15) is 4.79 Å². The molecule has 94 valence electrons. The Morgan fingerprint density at radius 3 is 3.18 bits per heavy atom. The summed E-state index contributed by atoms with van der Waals surface area (Å²) in [5.74, 6) is 1.13. The van der Waals surface area contributed by atoms with Crippen molar-refractivity contribution >= 4 is 11.8 Å². The highest BCUT2D eigenvalue weighted by molar-refractivity contribution is 5.88. The summed E-state index contributed by atoms with van der Waals surface area (Å²) >= 11 is 0. The molecular weight excluding hydrogens is 222 g/mol. The van der Waals surface area contributed by atoms with Crippen LogP contribution in [0.25, 0.3) is 0 Å². The minimum absolute atomic E-state index is 0.133. The largest absolute Gasteiger partial charge is 0.375 e. The molecule has 1 fully saturated rings. The lowest BCUT2D eigenvalue weighted by atomic mass is 10.2. The SMILES string of the molecule is CCC1CN(C(=O)Nc2cc(C)on2)CCO1. The fourth-order valence-corrected chi connectivity index (χ4v) is 1.76. The Balaban J connectivity index is 1.91. The van der Waals surface area contributed by atoms with Crippen molar-refractivity contribution in [1.29, 1.82) is 0 Å². The number of carbonyl (C=O) groups excluding carboxylic acids is 1. The van der Waals surface area contributed by atoms with E-state index in [0.717, 1.165) is 6.42 Å². The van der Waals surface area contributed by atoms with Crippen LogP contribution >= 0.6 is 0 Å². The summed E-state index contributed by atoms with van der Waals surface area (Å²) in [5.41, 5.74) is 0. The number of nitrogens with zero attached hydrogens (tertiary/aromatic N) is 2. The number of amides is 2. The topological polar surface area (TPSA) is 67.6 Å². The molecule has 17 heavy (non-hydrogen) atoms. The van der Waals surface area contributed by atoms with Crippen molar-refractivity contribution in [2.75, 3.05) is 25.0 Å². The molecule has 1 aromatic heterocycles. The van der Waals surface area contributed by atoms with Crippen LogP contribution in [-0.2, 0) is 4.74 Å². The number of hydrogen-bond acceptors (Lipinski definition) is 4. The first kappa shape index (κ1) is 11.9. The van der Waals surface area contributed by atoms with E-state index in [2.05, 4.69) is 10.5 Å². The molecule has 1 aliphatic rings. The van der Waals surface area contributed by atoms with Gasteiger partial charge >= 0.3 is 6.03 Å². The number of urea groups is 1. The van der Waals surface area contributed by atoms with Crippen LogP contribution in [0.1, 0.15) is 19.1 Å². The van der Waals surface area contributed by atoms with Crippen molar-refractivity contribution in [3.63, 3.8) is 0 Å². The summed E-state index contributed by atoms with van der Waals surface area (Å²) in [7, 11) is 0. The van der Waals surface area contributed by atoms with Gasteiger partial charge in [0, 0.05) is 19.2 Å². The van der Waals surface area contributed by atoms with Crippen molar-refractivity contribution in [2.24, 2.45) is 0 Å². The van der Waals surface area contributed by atoms with Crippen molar-refractivity contribution in [3.05, 3.63) is 11.8 Å². The van der Waals surface area contributed by atoms with Gasteiger partial charge in [-0.25, -0.2) is 4.79 Å². The Hall–Kier alpha value is -1.56. The molecule has 6 heteroatoms. The number of nitrogens with one attached hydrogen (secondary N) is 1. The van der Waals surface area contributed by atoms with E-state index in [-0.39, 0.29) is 12.1 Å². The summed E-state index contributed by atoms with van der Waals surface area (Å²) in [6, 6.07) is 1.54. The summed E-state index contributed by atoms with van der Waals surface area (Å²) < 4.78 is 10.4. The first-order chi connectivity index (χ1) is 8.19. The number of ether oxygens (including phenoxy) is 1. The first-order valence-electron chi connectivity index (χ1n) is 5.80. The highest BCUT2D eigenvalue weighted by Gasteiger charge is 2.23. The molecule has 1 unspecified atom stereocenters. The van der Waals surface area contributed by atoms with E-state index >= 15 is 0 Å². The molecule has 0 bridgehead atoms. The maximum atomic E-state index is 11.9. The first-order valence-corrected chi connectivity index (χ1v) is 5.80. The lowest BCUT2D eigenvalue weighted by Crippen LogP contribution is -2.47. The predicted molar refractivity (Wildman–Crippen MR) is 61.9 cm³/mol. The normalized spacial score (nSPS) is 20.4. The van der Waals surface area contributed by atoms with Crippen molar-refractivity contribution in [3.8, 4) is 0 Å². The van der Waals surface area contributed by atoms with Crippen LogP contribution < -0.4 is 5.32 Å². The van der Waals surface area contributed by atoms with E-state index in [4.69, 9.17) is 9.26 Å². The van der Waals surface area contributed by atoms with Gasteiger partial charge in [-0.1, -0.05) is 12.1 Å². The van der Waals surface area contributed by atoms with Crippen LogP contribution in [0.2, 0.25) is 0 Å². The maximum Gasteiger partial charge on any atom is 0.323 e. The third-order valence-electron chi connectivity index (χ3n) is 2.74. The summed E-state index contributed by atoms with van der Waals surface area (Å²) in [5, 5.41) is 6.43. The summed E-state index contributed by atoms with van der Waals surface area (Å²) in [6.45, 7) is 5.65.